The molecule has 0 amide bonds. The van der Waals surface area contributed by atoms with E-state index in [1.807, 2.05) is 0 Å². The number of nitrogens with zero attached hydrogens (tertiary/aromatic N) is 2. The van der Waals surface area contributed by atoms with Crippen LogP contribution in [-0.2, 0) is 0 Å². The van der Waals surface area contributed by atoms with Crippen LogP contribution in [0.5, 0.6) is 23.0 Å². The molecule has 0 saturated heterocycles. The van der Waals surface area contributed by atoms with E-state index >= 15 is 0 Å². The normalized spacial score (nSPS) is 11.6. The standard InChI is InChI=1S/C45H11B19N2O4/c46-21-14(22(47)30(55)35(60)29(21)54)9-5-8(6-10(7-9)15-23(48)37(62)44(70)43(69)28(15)53)13-16-18(26(51)33(58)31(56)24(16)49)40(19-17(13)25(50)32(57)34(59)27(19)52)66-12-4-2-1-3-11(12)65-45(66)20-41(67)38(63)36(61)39(64)42(20)68/h1-7,67-70H. The molecule has 0 bridgehead atoms. The zero-order valence-electron chi connectivity index (χ0n) is 36.7. The molecule has 70 heavy (non-hydrogen) atoms. The third kappa shape index (κ3) is 6.79. The summed E-state index contributed by atoms with van der Waals surface area (Å²) in [7, 11) is 126. The topological polar surface area (TPSA) is 98.7 Å². The van der Waals surface area contributed by atoms with Crippen molar-refractivity contribution in [2.45, 2.75) is 0 Å². The van der Waals surface area contributed by atoms with E-state index in [0.29, 0.717) is 11.0 Å². The minimum atomic E-state index is -0.792. The lowest BCUT2D eigenvalue weighted by atomic mass is 9.59. The van der Waals surface area contributed by atoms with Crippen molar-refractivity contribution in [2.24, 2.45) is 0 Å². The maximum absolute atomic E-state index is 11.7. The molecule has 8 aromatic carbocycles. The first-order valence-electron chi connectivity index (χ1n) is 20.6. The van der Waals surface area contributed by atoms with E-state index in [-0.39, 0.29) is 165 Å². The predicted octanol–water partition coefficient (Wildman–Crippen LogP) is -12.1. The van der Waals surface area contributed by atoms with Crippen molar-refractivity contribution in [1.82, 2.24) is 9.55 Å². The number of aromatic nitrogens is 2. The largest absolute Gasteiger partial charge is 0.508 e. The van der Waals surface area contributed by atoms with Gasteiger partial charge in [0.15, 0.2) is 5.82 Å². The van der Waals surface area contributed by atoms with Gasteiger partial charge in [0.25, 0.3) is 0 Å². The van der Waals surface area contributed by atoms with Crippen molar-refractivity contribution >= 4 is 285 Å². The van der Waals surface area contributed by atoms with Crippen LogP contribution >= 0.6 is 0 Å². The summed E-state index contributed by atoms with van der Waals surface area (Å²) >= 11 is 0. The molecule has 9 aromatic rings. The van der Waals surface area contributed by atoms with Crippen molar-refractivity contribution < 1.29 is 20.4 Å². The zero-order valence-corrected chi connectivity index (χ0v) is 36.7. The third-order valence-corrected chi connectivity index (χ3v) is 12.9. The van der Waals surface area contributed by atoms with Gasteiger partial charge in [0.1, 0.15) is 172 Å². The Kier molecular flexibility index (Phi) is 12.1. The second-order valence-corrected chi connectivity index (χ2v) is 16.7. The number of hydrogen-bond acceptors (Lipinski definition) is 5. The van der Waals surface area contributed by atoms with Crippen LogP contribution in [0.4, 0.5) is 0 Å². The molecule has 1 aromatic heterocycles. The first-order valence-corrected chi connectivity index (χ1v) is 20.6. The summed E-state index contributed by atoms with van der Waals surface area (Å²) in [5, 5.41) is 45.3. The van der Waals surface area contributed by atoms with Gasteiger partial charge in [-0.1, -0.05) is 66.8 Å². The molecule has 0 aliphatic heterocycles. The number of fused-ring (bicyclic) bond motifs is 3. The smallest absolute Gasteiger partial charge is 0.153 e. The number of aromatic hydroxyl groups is 4. The number of phenolic OH excluding ortho intramolecular Hbond substituents is 4. The molecule has 25 heteroatoms. The lowest BCUT2D eigenvalue weighted by molar-refractivity contribution is 0.410. The average molecular weight is 849 g/mol. The first-order chi connectivity index (χ1) is 32.9. The minimum absolute atomic E-state index is 0.0192. The molecule has 0 unspecified atom stereocenters. The van der Waals surface area contributed by atoms with Gasteiger partial charge in [0.2, 0.25) is 0 Å². The molecular formula is C45H11B19N2O4. The summed E-state index contributed by atoms with van der Waals surface area (Å²) in [6.07, 6.45) is 0. The SMILES string of the molecule is [B]c1c([B])c([B])c(-c2cc(-c3c([B])c([B])c(O)c(O)c3[B])cc(-c3c4c([B])c([B])c([B])c([B])c4c(-n4c(-c5c(O)c([B])c([B])c([B])c5O)nc5ccccc54)c4c([B])c([B])c([B])c([B])c34)c2)c([B])c1[B]. The van der Waals surface area contributed by atoms with Crippen molar-refractivity contribution in [2.75, 3.05) is 0 Å². The van der Waals surface area contributed by atoms with Crippen molar-refractivity contribution in [3.8, 4) is 73.5 Å². The second-order valence-electron chi connectivity index (χ2n) is 16.7. The Labute approximate surface area is 428 Å². The van der Waals surface area contributed by atoms with E-state index in [9.17, 15) is 20.4 Å². The van der Waals surface area contributed by atoms with E-state index in [0.717, 1.165) is 0 Å². The Balaban J connectivity index is 1.61. The molecule has 0 saturated carbocycles. The third-order valence-electron chi connectivity index (χ3n) is 12.9. The molecule has 4 N–H and O–H groups in total. The number of rotatable bonds is 5. The highest BCUT2D eigenvalue weighted by atomic mass is 16.3. The Morgan fingerprint density at radius 3 is 1.11 bits per heavy atom. The van der Waals surface area contributed by atoms with Crippen LogP contribution in [0.25, 0.3) is 83.0 Å². The van der Waals surface area contributed by atoms with Gasteiger partial charge in [0.05, 0.1) is 22.3 Å². The predicted molar refractivity (Wildman–Crippen MR) is 307 cm³/mol. The van der Waals surface area contributed by atoms with Crippen LogP contribution < -0.4 is 104 Å². The summed E-state index contributed by atoms with van der Waals surface area (Å²) in [5.74, 6) is -3.13. The lowest BCUT2D eigenvalue weighted by Gasteiger charge is -2.30. The lowest BCUT2D eigenvalue weighted by Crippen LogP contribution is -2.55. The molecule has 282 valence electrons. The summed E-state index contributed by atoms with van der Waals surface area (Å²) in [4.78, 5) is 4.85. The van der Waals surface area contributed by atoms with E-state index in [1.54, 1.807) is 36.4 Å². The van der Waals surface area contributed by atoms with Crippen molar-refractivity contribution in [3.63, 3.8) is 0 Å². The molecule has 0 aliphatic rings. The molecule has 0 fully saturated rings. The van der Waals surface area contributed by atoms with E-state index < -0.39 is 33.9 Å². The van der Waals surface area contributed by atoms with Gasteiger partial charge < -0.3 is 20.4 Å². The Hall–Kier alpha value is -5.82. The van der Waals surface area contributed by atoms with Crippen LogP contribution in [0.2, 0.25) is 0 Å². The molecule has 9 rings (SSSR count). The second kappa shape index (κ2) is 17.2. The van der Waals surface area contributed by atoms with Gasteiger partial charge in [-0.05, 0) is 90.7 Å². The number of para-hydroxylation sites is 2. The molecule has 6 nitrogen and oxygen atoms in total. The van der Waals surface area contributed by atoms with Crippen LogP contribution in [0.15, 0.2) is 42.5 Å². The number of phenols is 4. The Morgan fingerprint density at radius 2 is 0.643 bits per heavy atom. The quantitative estimate of drug-likeness (QED) is 0.0785. The number of hydrogen-bond donors (Lipinski definition) is 4. The van der Waals surface area contributed by atoms with Gasteiger partial charge in [-0.2, -0.15) is 0 Å². The average Bonchev–Trinajstić information content (AvgIpc) is 3.72. The van der Waals surface area contributed by atoms with Crippen LogP contribution in [0, 0.1) is 0 Å². The molecular weight excluding hydrogens is 838 g/mol. The monoisotopic (exact) mass is 852 g/mol. The van der Waals surface area contributed by atoms with E-state index in [4.69, 9.17) is 154 Å². The van der Waals surface area contributed by atoms with Gasteiger partial charge in [0, 0.05) is 0 Å². The van der Waals surface area contributed by atoms with Gasteiger partial charge >= 0.3 is 0 Å². The minimum Gasteiger partial charge on any atom is -0.508 e. The molecule has 1 heterocycles. The maximum Gasteiger partial charge on any atom is 0.153 e. The van der Waals surface area contributed by atoms with E-state index in [1.165, 1.54) is 10.6 Å². The van der Waals surface area contributed by atoms with Gasteiger partial charge in [-0.25, -0.2) is 4.98 Å². The maximum atomic E-state index is 11.7. The van der Waals surface area contributed by atoms with Crippen molar-refractivity contribution in [1.29, 1.82) is 0 Å². The fourth-order valence-corrected chi connectivity index (χ4v) is 9.16. The van der Waals surface area contributed by atoms with Crippen molar-refractivity contribution in [3.05, 3.63) is 42.5 Å². The summed E-state index contributed by atoms with van der Waals surface area (Å²) in [5.41, 5.74) is -3.17. The highest BCUT2D eigenvalue weighted by molar-refractivity contribution is 6.72. The first kappa shape index (κ1) is 49.2. The van der Waals surface area contributed by atoms with Crippen LogP contribution in [0.1, 0.15) is 0 Å². The molecule has 0 atom stereocenters. The Bertz CT molecular complexity index is 3640. The highest BCUT2D eigenvalue weighted by Gasteiger charge is 2.31. The summed E-state index contributed by atoms with van der Waals surface area (Å²) in [6.45, 7) is 0. The van der Waals surface area contributed by atoms with Crippen LogP contribution in [-0.4, -0.2) is 179 Å². The summed E-state index contributed by atoms with van der Waals surface area (Å²) < 4.78 is 1.48. The van der Waals surface area contributed by atoms with E-state index in [2.05, 4.69) is 0 Å². The fraction of sp³-hybridized carbons (Fsp3) is 0. The van der Waals surface area contributed by atoms with Crippen LogP contribution in [0.3, 0.4) is 0 Å². The molecule has 0 aliphatic carbocycles. The fourth-order valence-electron chi connectivity index (χ4n) is 9.16. The zero-order chi connectivity index (χ0) is 51.2. The highest BCUT2D eigenvalue weighted by Crippen LogP contribution is 2.44. The molecule has 0 spiro atoms. The number of imidazole rings is 1. The number of benzene rings is 8. The van der Waals surface area contributed by atoms with Gasteiger partial charge in [-0.15, -0.1) is 43.7 Å². The molecule has 38 radical (unpaired) electrons. The van der Waals surface area contributed by atoms with Gasteiger partial charge in [-0.3, -0.25) is 4.57 Å². The Morgan fingerprint density at radius 1 is 0.314 bits per heavy atom. The summed E-state index contributed by atoms with van der Waals surface area (Å²) in [6, 6.07) is 11.4.